The van der Waals surface area contributed by atoms with Crippen LogP contribution in [-0.4, -0.2) is 16.9 Å². The van der Waals surface area contributed by atoms with Gasteiger partial charge in [-0.05, 0) is 0 Å². The molecule has 1 heterocycles. The van der Waals surface area contributed by atoms with Crippen LogP contribution in [0.5, 0.6) is 5.88 Å². The molecule has 0 aliphatic heterocycles. The van der Waals surface area contributed by atoms with Crippen molar-refractivity contribution in [2.45, 2.75) is 6.42 Å². The maximum absolute atomic E-state index is 8.41. The van der Waals surface area contributed by atoms with Crippen molar-refractivity contribution in [3.63, 3.8) is 0 Å². The van der Waals surface area contributed by atoms with Crippen molar-refractivity contribution in [3.8, 4) is 11.9 Å². The van der Waals surface area contributed by atoms with Crippen molar-refractivity contribution in [1.82, 2.24) is 9.78 Å². The molecule has 0 N–H and O–H groups in total. The fourth-order valence-electron chi connectivity index (χ4n) is 0.941. The quantitative estimate of drug-likeness (QED) is 0.618. The molecule has 1 aromatic rings. The van der Waals surface area contributed by atoms with E-state index in [-0.39, 0.29) is 0 Å². The minimum atomic E-state index is 0.344. The molecule has 1 rings (SSSR count). The summed E-state index contributed by atoms with van der Waals surface area (Å²) in [5.41, 5.74) is 0.831. The van der Waals surface area contributed by atoms with E-state index >= 15 is 0 Å². The molecule has 0 aliphatic carbocycles. The molecule has 11 heavy (non-hydrogen) atoms. The Balaban J connectivity index is 2.97. The van der Waals surface area contributed by atoms with Crippen molar-refractivity contribution in [1.29, 1.82) is 5.26 Å². The Morgan fingerprint density at radius 2 is 2.55 bits per heavy atom. The lowest BCUT2D eigenvalue weighted by atomic mass is 10.3. The molecule has 0 unspecified atom stereocenters. The first-order valence-corrected chi connectivity index (χ1v) is 3.21. The first kappa shape index (κ1) is 7.61. The number of aromatic nitrogens is 2. The van der Waals surface area contributed by atoms with Gasteiger partial charge in [-0.25, -0.2) is 4.68 Å². The van der Waals surface area contributed by atoms with Gasteiger partial charge in [0.1, 0.15) is 0 Å². The Kier molecular flexibility index (Phi) is 2.12. The van der Waals surface area contributed by atoms with Crippen molar-refractivity contribution in [2.75, 3.05) is 7.11 Å². The Morgan fingerprint density at radius 3 is 3.09 bits per heavy atom. The lowest BCUT2D eigenvalue weighted by Gasteiger charge is -1.99. The molecule has 0 atom stereocenters. The Morgan fingerprint density at radius 1 is 1.82 bits per heavy atom. The molecular weight excluding hydrogens is 142 g/mol. The van der Waals surface area contributed by atoms with Crippen molar-refractivity contribution in [3.05, 3.63) is 11.8 Å². The van der Waals surface area contributed by atoms with Gasteiger partial charge in [0.25, 0.3) is 0 Å². The molecular formula is C7H9N3O. The van der Waals surface area contributed by atoms with E-state index in [1.165, 1.54) is 0 Å². The zero-order valence-corrected chi connectivity index (χ0v) is 6.53. The van der Waals surface area contributed by atoms with Crippen LogP contribution >= 0.6 is 0 Å². The Labute approximate surface area is 65.0 Å². The Hall–Kier alpha value is -1.50. The first-order valence-electron chi connectivity index (χ1n) is 3.21. The number of hydrogen-bond acceptors (Lipinski definition) is 3. The molecule has 0 amide bonds. The fourth-order valence-corrected chi connectivity index (χ4v) is 0.941. The average Bonchev–Trinajstić information content (AvgIpc) is 2.33. The molecule has 0 aliphatic rings. The number of nitriles is 1. The van der Waals surface area contributed by atoms with Crippen molar-refractivity contribution >= 4 is 0 Å². The second kappa shape index (κ2) is 3.06. The third-order valence-electron chi connectivity index (χ3n) is 1.42. The molecule has 0 bridgehead atoms. The maximum atomic E-state index is 8.41. The summed E-state index contributed by atoms with van der Waals surface area (Å²) in [7, 11) is 3.34. The van der Waals surface area contributed by atoms with Gasteiger partial charge in [-0.15, -0.1) is 0 Å². The zero-order chi connectivity index (χ0) is 8.27. The van der Waals surface area contributed by atoms with Gasteiger partial charge < -0.3 is 4.74 Å². The maximum Gasteiger partial charge on any atom is 0.215 e. The summed E-state index contributed by atoms with van der Waals surface area (Å²) in [6.07, 6.45) is 1.99. The van der Waals surface area contributed by atoms with Gasteiger partial charge in [-0.3, -0.25) is 0 Å². The van der Waals surface area contributed by atoms with E-state index in [2.05, 4.69) is 5.10 Å². The van der Waals surface area contributed by atoms with E-state index in [1.807, 2.05) is 6.07 Å². The van der Waals surface area contributed by atoms with Crippen LogP contribution < -0.4 is 4.74 Å². The van der Waals surface area contributed by atoms with Crippen LogP contribution in [0.4, 0.5) is 0 Å². The van der Waals surface area contributed by atoms with Gasteiger partial charge in [0, 0.05) is 12.6 Å². The molecule has 0 fully saturated rings. The molecule has 1 aromatic heterocycles. The monoisotopic (exact) mass is 151 g/mol. The van der Waals surface area contributed by atoms with E-state index in [0.29, 0.717) is 12.3 Å². The first-order chi connectivity index (χ1) is 5.29. The van der Waals surface area contributed by atoms with Gasteiger partial charge in [0.2, 0.25) is 5.88 Å². The largest absolute Gasteiger partial charge is 0.481 e. The highest BCUT2D eigenvalue weighted by atomic mass is 16.5. The highest BCUT2D eigenvalue weighted by molar-refractivity contribution is 5.26. The highest BCUT2D eigenvalue weighted by Crippen LogP contribution is 2.15. The zero-order valence-electron chi connectivity index (χ0n) is 6.53. The Bertz CT molecular complexity index is 284. The molecule has 0 saturated heterocycles. The standard InChI is InChI=1S/C7H9N3O/c1-10-7(11-2)6(3-4-8)5-9-10/h5H,3H2,1-2H3. The topological polar surface area (TPSA) is 50.8 Å². The molecule has 0 aromatic carbocycles. The van der Waals surface area contributed by atoms with E-state index in [9.17, 15) is 0 Å². The van der Waals surface area contributed by atoms with Crippen LogP contribution in [0.1, 0.15) is 5.56 Å². The van der Waals surface area contributed by atoms with E-state index in [1.54, 1.807) is 25.0 Å². The smallest absolute Gasteiger partial charge is 0.215 e. The summed E-state index contributed by atoms with van der Waals surface area (Å²) in [6.45, 7) is 0. The predicted molar refractivity (Wildman–Crippen MR) is 39.1 cm³/mol. The predicted octanol–water partition coefficient (Wildman–Crippen LogP) is 0.495. The van der Waals surface area contributed by atoms with Crippen molar-refractivity contribution in [2.24, 2.45) is 7.05 Å². The minimum Gasteiger partial charge on any atom is -0.481 e. The van der Waals surface area contributed by atoms with Crippen LogP contribution in [0.25, 0.3) is 0 Å². The minimum absolute atomic E-state index is 0.344. The SMILES string of the molecule is COc1c(CC#N)cnn1C. The van der Waals surface area contributed by atoms with Crippen LogP contribution in [0.15, 0.2) is 6.20 Å². The number of rotatable bonds is 2. The van der Waals surface area contributed by atoms with Gasteiger partial charge >= 0.3 is 0 Å². The average molecular weight is 151 g/mol. The summed E-state index contributed by atoms with van der Waals surface area (Å²) < 4.78 is 6.62. The van der Waals surface area contributed by atoms with Gasteiger partial charge in [-0.1, -0.05) is 0 Å². The third kappa shape index (κ3) is 1.32. The summed E-state index contributed by atoms with van der Waals surface area (Å²) in [4.78, 5) is 0. The second-order valence-electron chi connectivity index (χ2n) is 2.14. The highest BCUT2D eigenvalue weighted by Gasteiger charge is 2.06. The van der Waals surface area contributed by atoms with Crippen molar-refractivity contribution < 1.29 is 4.74 Å². The van der Waals surface area contributed by atoms with Gasteiger partial charge in [-0.2, -0.15) is 10.4 Å². The molecule has 4 heteroatoms. The third-order valence-corrected chi connectivity index (χ3v) is 1.42. The number of ether oxygens (including phenoxy) is 1. The lowest BCUT2D eigenvalue weighted by molar-refractivity contribution is 0.370. The van der Waals surface area contributed by atoms with Gasteiger partial charge in [0.05, 0.1) is 25.8 Å². The number of hydrogen-bond donors (Lipinski definition) is 0. The fraction of sp³-hybridized carbons (Fsp3) is 0.429. The van der Waals surface area contributed by atoms with E-state index in [0.717, 1.165) is 5.56 Å². The summed E-state index contributed by atoms with van der Waals surface area (Å²) in [6, 6.07) is 2.04. The number of methoxy groups -OCH3 is 1. The van der Waals surface area contributed by atoms with E-state index in [4.69, 9.17) is 10.00 Å². The van der Waals surface area contributed by atoms with E-state index < -0.39 is 0 Å². The molecule has 0 spiro atoms. The molecule has 58 valence electrons. The normalized spacial score (nSPS) is 9.18. The second-order valence-corrected chi connectivity index (χ2v) is 2.14. The molecule has 4 nitrogen and oxygen atoms in total. The summed E-state index contributed by atoms with van der Waals surface area (Å²) in [5.74, 6) is 0.659. The molecule has 0 saturated carbocycles. The molecule has 0 radical (unpaired) electrons. The van der Waals surface area contributed by atoms with Crippen LogP contribution in [0.2, 0.25) is 0 Å². The number of nitrogens with zero attached hydrogens (tertiary/aromatic N) is 3. The summed E-state index contributed by atoms with van der Waals surface area (Å²) in [5, 5.41) is 12.4. The summed E-state index contributed by atoms with van der Waals surface area (Å²) >= 11 is 0. The van der Waals surface area contributed by atoms with Crippen LogP contribution in [0, 0.1) is 11.3 Å². The lowest BCUT2D eigenvalue weighted by Crippen LogP contribution is -1.96. The van der Waals surface area contributed by atoms with Gasteiger partial charge in [0.15, 0.2) is 0 Å². The van der Waals surface area contributed by atoms with Crippen LogP contribution in [0.3, 0.4) is 0 Å². The van der Waals surface area contributed by atoms with Crippen LogP contribution in [-0.2, 0) is 13.5 Å². The number of aryl methyl sites for hydroxylation is 1.